The van der Waals surface area contributed by atoms with Gasteiger partial charge in [0.2, 0.25) is 23.6 Å². The van der Waals surface area contributed by atoms with Crippen molar-refractivity contribution in [3.05, 3.63) is 60.2 Å². The number of benzene rings is 1. The zero-order valence-electron chi connectivity index (χ0n) is 34.6. The van der Waals surface area contributed by atoms with Gasteiger partial charge in [-0.2, -0.15) is 0 Å². The van der Waals surface area contributed by atoms with E-state index in [-0.39, 0.29) is 54.0 Å². The van der Waals surface area contributed by atoms with E-state index in [0.29, 0.717) is 37.2 Å². The number of methoxy groups -OCH3 is 2. The maximum absolute atomic E-state index is 14.3. The van der Waals surface area contributed by atoms with E-state index in [4.69, 9.17) is 9.47 Å². The SMILES string of the molecule is CC[C@H](C)[C@@H]([C@H](CC(=O)N1CCC[C@H]1[C@H](OC)[C@@H](C)C(=O)N[C@H](Cc1ccccc1)c1ncccn1)OC)N(C)C(=O)[C@@H](NC(=O)[C@H]1N[C@@H]2CC[C@H]1C2)C(C)C. The van der Waals surface area contributed by atoms with Gasteiger partial charge >= 0.3 is 0 Å². The largest absolute Gasteiger partial charge is 0.379 e. The van der Waals surface area contributed by atoms with Crippen LogP contribution in [0.15, 0.2) is 48.8 Å². The second-order valence-electron chi connectivity index (χ2n) is 16.6. The Morgan fingerprint density at radius 3 is 2.27 bits per heavy atom. The first kappa shape index (κ1) is 43.2. The summed E-state index contributed by atoms with van der Waals surface area (Å²) in [5.74, 6) is -0.536. The minimum Gasteiger partial charge on any atom is -0.379 e. The van der Waals surface area contributed by atoms with Crippen LogP contribution in [0.4, 0.5) is 0 Å². The number of carbonyl (C=O) groups is 4. The Bertz CT molecular complexity index is 1600. The molecule has 1 saturated carbocycles. The number of hydrogen-bond acceptors (Lipinski definition) is 9. The standard InChI is InChI=1S/C43H65N7O6/c1-9-27(4)38(49(6)43(54)36(26(2)3)48-42(53)37-30-18-19-31(24-30)46-37)34(55-7)25-35(51)50-22-13-17-33(50)39(56-8)28(5)41(52)47-32(40-44-20-14-21-45-40)23-29-15-11-10-12-16-29/h10-12,14-16,20-21,26-28,30-34,36-39,46H,9,13,17-19,22-25H2,1-8H3,(H,47,52)(H,48,53)/t27-,28+,30-,31+,32+,33-,34-,36-,37-,38-,39+/m0/s1. The van der Waals surface area contributed by atoms with Gasteiger partial charge in [0.25, 0.3) is 0 Å². The molecule has 4 amide bonds. The van der Waals surface area contributed by atoms with Crippen molar-refractivity contribution in [1.29, 1.82) is 0 Å². The Labute approximate surface area is 333 Å². The molecule has 2 bridgehead atoms. The highest BCUT2D eigenvalue weighted by Gasteiger charge is 2.46. The molecule has 1 aromatic heterocycles. The molecule has 2 saturated heterocycles. The zero-order valence-corrected chi connectivity index (χ0v) is 34.6. The molecule has 3 N–H and O–H groups in total. The molecule has 0 radical (unpaired) electrons. The van der Waals surface area contributed by atoms with E-state index in [9.17, 15) is 19.2 Å². The van der Waals surface area contributed by atoms with Crippen LogP contribution in [0, 0.1) is 23.7 Å². The van der Waals surface area contributed by atoms with E-state index in [1.54, 1.807) is 44.6 Å². The summed E-state index contributed by atoms with van der Waals surface area (Å²) in [4.78, 5) is 68.4. The van der Waals surface area contributed by atoms with Crippen molar-refractivity contribution in [2.45, 2.75) is 134 Å². The van der Waals surface area contributed by atoms with Crippen LogP contribution in [-0.4, -0.2) is 114 Å². The molecule has 3 aliphatic rings. The summed E-state index contributed by atoms with van der Waals surface area (Å²) in [5.41, 5.74) is 1.04. The van der Waals surface area contributed by atoms with Crippen molar-refractivity contribution in [3.8, 4) is 0 Å². The Morgan fingerprint density at radius 2 is 1.68 bits per heavy atom. The lowest BCUT2D eigenvalue weighted by molar-refractivity contribution is -0.147. The first-order chi connectivity index (χ1) is 26.9. The molecule has 0 unspecified atom stereocenters. The lowest BCUT2D eigenvalue weighted by Gasteiger charge is -2.41. The van der Waals surface area contributed by atoms with Gasteiger partial charge in [-0.3, -0.25) is 19.2 Å². The first-order valence-corrected chi connectivity index (χ1v) is 20.7. The molecule has 13 nitrogen and oxygen atoms in total. The smallest absolute Gasteiger partial charge is 0.245 e. The van der Waals surface area contributed by atoms with Crippen molar-refractivity contribution in [2.24, 2.45) is 23.7 Å². The van der Waals surface area contributed by atoms with Crippen LogP contribution in [0.2, 0.25) is 0 Å². The summed E-state index contributed by atoms with van der Waals surface area (Å²) in [6, 6.07) is 9.83. The number of rotatable bonds is 19. The molecule has 1 aliphatic carbocycles. The Morgan fingerprint density at radius 1 is 0.964 bits per heavy atom. The molecule has 1 aromatic carbocycles. The number of likely N-dealkylation sites (tertiary alicyclic amines) is 1. The molecule has 3 fully saturated rings. The molecule has 2 aromatic rings. The van der Waals surface area contributed by atoms with Gasteiger partial charge in [0.15, 0.2) is 5.82 Å². The van der Waals surface area contributed by atoms with Crippen LogP contribution >= 0.6 is 0 Å². The number of ether oxygens (including phenoxy) is 2. The Kier molecular flexibility index (Phi) is 15.4. The minimum absolute atomic E-state index is 0.000287. The van der Waals surface area contributed by atoms with Gasteiger partial charge in [0, 0.05) is 46.2 Å². The highest BCUT2D eigenvalue weighted by atomic mass is 16.5. The number of nitrogens with zero attached hydrogens (tertiary/aromatic N) is 4. The van der Waals surface area contributed by atoms with Crippen molar-refractivity contribution < 1.29 is 28.7 Å². The van der Waals surface area contributed by atoms with E-state index < -0.39 is 36.3 Å². The molecule has 13 heteroatoms. The molecule has 308 valence electrons. The maximum atomic E-state index is 14.3. The van der Waals surface area contributed by atoms with Crippen LogP contribution in [0.3, 0.4) is 0 Å². The minimum atomic E-state index is -0.716. The second-order valence-corrected chi connectivity index (χ2v) is 16.6. The predicted molar refractivity (Wildman–Crippen MR) is 214 cm³/mol. The van der Waals surface area contributed by atoms with Crippen molar-refractivity contribution in [2.75, 3.05) is 27.8 Å². The molecule has 56 heavy (non-hydrogen) atoms. The number of fused-ring (bicyclic) bond motifs is 2. The highest BCUT2D eigenvalue weighted by molar-refractivity contribution is 5.90. The van der Waals surface area contributed by atoms with Crippen molar-refractivity contribution in [3.63, 3.8) is 0 Å². The molecular weight excluding hydrogens is 711 g/mol. The first-order valence-electron chi connectivity index (χ1n) is 20.7. The van der Waals surface area contributed by atoms with E-state index in [2.05, 4.69) is 39.8 Å². The number of hydrogen-bond donors (Lipinski definition) is 3. The molecule has 3 heterocycles. The number of carbonyl (C=O) groups excluding carboxylic acids is 4. The molecule has 11 atom stereocenters. The average Bonchev–Trinajstić information content (AvgIpc) is 3.99. The van der Waals surface area contributed by atoms with Gasteiger partial charge in [0.1, 0.15) is 6.04 Å². The summed E-state index contributed by atoms with van der Waals surface area (Å²) in [7, 11) is 4.94. The van der Waals surface area contributed by atoms with Gasteiger partial charge in [-0.15, -0.1) is 0 Å². The zero-order chi connectivity index (χ0) is 40.5. The van der Waals surface area contributed by atoms with Crippen LogP contribution in [-0.2, 0) is 35.1 Å². The lowest BCUT2D eigenvalue weighted by Crippen LogP contribution is -2.59. The third-order valence-corrected chi connectivity index (χ3v) is 12.6. The lowest BCUT2D eigenvalue weighted by atomic mass is 9.89. The average molecular weight is 776 g/mol. The van der Waals surface area contributed by atoms with Crippen LogP contribution in [0.5, 0.6) is 0 Å². The third kappa shape index (κ3) is 10.1. The van der Waals surface area contributed by atoms with E-state index >= 15 is 0 Å². The van der Waals surface area contributed by atoms with Crippen molar-refractivity contribution in [1.82, 2.24) is 35.7 Å². The fraction of sp³-hybridized carbons (Fsp3) is 0.674. The molecular formula is C43H65N7O6. The fourth-order valence-electron chi connectivity index (χ4n) is 9.28. The van der Waals surface area contributed by atoms with E-state index in [1.807, 2.05) is 56.0 Å². The predicted octanol–water partition coefficient (Wildman–Crippen LogP) is 4.08. The second kappa shape index (κ2) is 20.0. The van der Waals surface area contributed by atoms with Crippen molar-refractivity contribution >= 4 is 23.6 Å². The highest BCUT2D eigenvalue weighted by Crippen LogP contribution is 2.35. The third-order valence-electron chi connectivity index (χ3n) is 12.6. The van der Waals surface area contributed by atoms with Gasteiger partial charge in [-0.05, 0) is 67.9 Å². The van der Waals surface area contributed by atoms with Gasteiger partial charge in [-0.25, -0.2) is 9.97 Å². The van der Waals surface area contributed by atoms with Crippen LogP contribution in [0.25, 0.3) is 0 Å². The summed E-state index contributed by atoms with van der Waals surface area (Å²) < 4.78 is 12.1. The van der Waals surface area contributed by atoms with E-state index in [1.165, 1.54) is 0 Å². The number of nitrogens with one attached hydrogen (secondary N) is 3. The van der Waals surface area contributed by atoms with Gasteiger partial charge < -0.3 is 35.2 Å². The topological polar surface area (TPSA) is 155 Å². The van der Waals surface area contributed by atoms with E-state index in [0.717, 1.165) is 37.7 Å². The van der Waals surface area contributed by atoms with Crippen LogP contribution < -0.4 is 16.0 Å². The molecule has 0 spiro atoms. The van der Waals surface area contributed by atoms with Gasteiger partial charge in [0.05, 0.1) is 48.7 Å². The Balaban J connectivity index is 1.27. The molecule has 2 aliphatic heterocycles. The quantitative estimate of drug-likeness (QED) is 0.192. The fourth-order valence-corrected chi connectivity index (χ4v) is 9.28. The summed E-state index contributed by atoms with van der Waals surface area (Å²) in [5, 5.41) is 9.72. The Hall–Kier alpha value is -3.94. The number of amides is 4. The number of likely N-dealkylation sites (N-methyl/N-ethyl adjacent to an activating group) is 1. The summed E-state index contributed by atoms with van der Waals surface area (Å²) in [6.07, 6.45) is 8.09. The number of piperidine rings is 1. The monoisotopic (exact) mass is 775 g/mol. The number of aromatic nitrogens is 2. The van der Waals surface area contributed by atoms with Crippen LogP contribution in [0.1, 0.15) is 97.0 Å². The normalized spacial score (nSPS) is 24.2. The molecule has 5 rings (SSSR count). The maximum Gasteiger partial charge on any atom is 0.245 e. The van der Waals surface area contributed by atoms with Gasteiger partial charge in [-0.1, -0.05) is 71.4 Å². The summed E-state index contributed by atoms with van der Waals surface area (Å²) in [6.45, 7) is 10.4. The summed E-state index contributed by atoms with van der Waals surface area (Å²) >= 11 is 0.